The van der Waals surface area contributed by atoms with Crippen LogP contribution in [0.2, 0.25) is 0 Å². The Morgan fingerprint density at radius 2 is 2.00 bits per heavy atom. The van der Waals surface area contributed by atoms with Crippen LogP contribution in [0.5, 0.6) is 0 Å². The molecule has 1 aliphatic rings. The lowest BCUT2D eigenvalue weighted by molar-refractivity contribution is 0.0334. The van der Waals surface area contributed by atoms with E-state index in [0.29, 0.717) is 0 Å². The van der Waals surface area contributed by atoms with Gasteiger partial charge in [0, 0.05) is 12.1 Å². The number of hydrogen-bond acceptors (Lipinski definition) is 2. The molecule has 1 rings (SSSR count). The van der Waals surface area contributed by atoms with Crippen molar-refractivity contribution in [1.82, 2.24) is 0 Å². The maximum absolute atomic E-state index is 6.25. The Bertz CT molecular complexity index is 141. The first-order valence-corrected chi connectivity index (χ1v) is 6.13. The second-order valence-electron chi connectivity index (χ2n) is 4.68. The predicted molar refractivity (Wildman–Crippen MR) is 60.3 cm³/mol. The van der Waals surface area contributed by atoms with Gasteiger partial charge in [0.1, 0.15) is 0 Å². The molecule has 1 unspecified atom stereocenters. The molecule has 0 aromatic carbocycles. The van der Waals surface area contributed by atoms with Crippen LogP contribution in [0.25, 0.3) is 0 Å². The molecule has 0 radical (unpaired) electrons. The van der Waals surface area contributed by atoms with E-state index in [1.54, 1.807) is 0 Å². The molecule has 14 heavy (non-hydrogen) atoms. The summed E-state index contributed by atoms with van der Waals surface area (Å²) in [6.45, 7) is 3.94. The van der Waals surface area contributed by atoms with Crippen molar-refractivity contribution in [3.05, 3.63) is 0 Å². The van der Waals surface area contributed by atoms with E-state index in [2.05, 4.69) is 6.92 Å². The summed E-state index contributed by atoms with van der Waals surface area (Å²) < 4.78 is 5.44. The van der Waals surface area contributed by atoms with Crippen molar-refractivity contribution in [2.24, 2.45) is 5.73 Å². The first-order chi connectivity index (χ1) is 6.77. The summed E-state index contributed by atoms with van der Waals surface area (Å²) >= 11 is 0. The molecule has 0 aliphatic carbocycles. The molecule has 0 bridgehead atoms. The maximum Gasteiger partial charge on any atom is 0.0646 e. The van der Waals surface area contributed by atoms with Crippen LogP contribution in [-0.2, 0) is 4.74 Å². The fourth-order valence-electron chi connectivity index (χ4n) is 2.15. The Balaban J connectivity index is 2.03. The van der Waals surface area contributed by atoms with E-state index in [4.69, 9.17) is 10.5 Å². The predicted octanol–water partition coefficient (Wildman–Crippen LogP) is 2.85. The molecule has 84 valence electrons. The lowest BCUT2D eigenvalue weighted by atomic mass is 9.88. The molecular weight excluding hydrogens is 174 g/mol. The van der Waals surface area contributed by atoms with Gasteiger partial charge in [0.25, 0.3) is 0 Å². The van der Waals surface area contributed by atoms with Gasteiger partial charge in [-0.15, -0.1) is 0 Å². The number of rotatable bonds is 6. The van der Waals surface area contributed by atoms with Crippen LogP contribution >= 0.6 is 0 Å². The molecule has 0 spiro atoms. The van der Waals surface area contributed by atoms with Crippen LogP contribution in [-0.4, -0.2) is 18.8 Å². The maximum atomic E-state index is 6.25. The molecule has 2 heteroatoms. The third-order valence-corrected chi connectivity index (χ3v) is 3.13. The SMILES string of the molecule is CCCCCCCC1(N)CCCOC1. The molecule has 0 aromatic rings. The highest BCUT2D eigenvalue weighted by Crippen LogP contribution is 2.22. The third kappa shape index (κ3) is 4.43. The van der Waals surface area contributed by atoms with Crippen LogP contribution in [0, 0.1) is 0 Å². The zero-order valence-electron chi connectivity index (χ0n) is 9.56. The molecule has 1 aliphatic heterocycles. The van der Waals surface area contributed by atoms with Gasteiger partial charge in [-0.3, -0.25) is 0 Å². The zero-order valence-corrected chi connectivity index (χ0v) is 9.56. The topological polar surface area (TPSA) is 35.2 Å². The van der Waals surface area contributed by atoms with Gasteiger partial charge in [-0.1, -0.05) is 39.0 Å². The van der Waals surface area contributed by atoms with Gasteiger partial charge in [-0.05, 0) is 19.3 Å². The summed E-state index contributed by atoms with van der Waals surface area (Å²) in [4.78, 5) is 0. The first-order valence-electron chi connectivity index (χ1n) is 6.13. The van der Waals surface area contributed by atoms with Gasteiger partial charge in [-0.25, -0.2) is 0 Å². The van der Waals surface area contributed by atoms with E-state index < -0.39 is 0 Å². The van der Waals surface area contributed by atoms with Crippen LogP contribution in [0.15, 0.2) is 0 Å². The van der Waals surface area contributed by atoms with Crippen molar-refractivity contribution < 1.29 is 4.74 Å². The van der Waals surface area contributed by atoms with E-state index in [0.717, 1.165) is 32.5 Å². The Labute approximate surface area is 88.2 Å². The smallest absolute Gasteiger partial charge is 0.0646 e. The fourth-order valence-corrected chi connectivity index (χ4v) is 2.15. The van der Waals surface area contributed by atoms with Crippen molar-refractivity contribution in [3.63, 3.8) is 0 Å². The molecule has 0 aromatic heterocycles. The summed E-state index contributed by atoms with van der Waals surface area (Å²) in [5.41, 5.74) is 6.25. The molecule has 2 N–H and O–H groups in total. The van der Waals surface area contributed by atoms with Gasteiger partial charge in [0.05, 0.1) is 6.61 Å². The minimum atomic E-state index is 0.00443. The van der Waals surface area contributed by atoms with Gasteiger partial charge in [0.15, 0.2) is 0 Å². The lowest BCUT2D eigenvalue weighted by Crippen LogP contribution is -2.47. The first kappa shape index (κ1) is 12.0. The summed E-state index contributed by atoms with van der Waals surface area (Å²) in [6, 6.07) is 0. The van der Waals surface area contributed by atoms with Crippen LogP contribution in [0.3, 0.4) is 0 Å². The monoisotopic (exact) mass is 199 g/mol. The lowest BCUT2D eigenvalue weighted by Gasteiger charge is -2.33. The van der Waals surface area contributed by atoms with Gasteiger partial charge >= 0.3 is 0 Å². The van der Waals surface area contributed by atoms with Gasteiger partial charge in [-0.2, -0.15) is 0 Å². The Morgan fingerprint density at radius 3 is 2.64 bits per heavy atom. The van der Waals surface area contributed by atoms with E-state index >= 15 is 0 Å². The zero-order chi connectivity index (χ0) is 10.3. The molecular formula is C12H25NO. The Kier molecular flexibility index (Phi) is 5.49. The minimum absolute atomic E-state index is 0.00443. The van der Waals surface area contributed by atoms with Crippen molar-refractivity contribution >= 4 is 0 Å². The number of hydrogen-bond donors (Lipinski definition) is 1. The number of ether oxygens (including phenoxy) is 1. The highest BCUT2D eigenvalue weighted by Gasteiger charge is 2.27. The van der Waals surface area contributed by atoms with Gasteiger partial charge < -0.3 is 10.5 Å². The summed E-state index contributed by atoms with van der Waals surface area (Å²) in [5, 5.41) is 0. The quantitative estimate of drug-likeness (QED) is 0.668. The number of unbranched alkanes of at least 4 members (excludes halogenated alkanes) is 4. The highest BCUT2D eigenvalue weighted by atomic mass is 16.5. The van der Waals surface area contributed by atoms with Crippen molar-refractivity contribution in [2.45, 2.75) is 63.8 Å². The summed E-state index contributed by atoms with van der Waals surface area (Å²) in [7, 11) is 0. The van der Waals surface area contributed by atoms with Crippen LogP contribution in [0.1, 0.15) is 58.3 Å². The average molecular weight is 199 g/mol. The Morgan fingerprint density at radius 1 is 1.21 bits per heavy atom. The minimum Gasteiger partial charge on any atom is -0.380 e. The summed E-state index contributed by atoms with van der Waals surface area (Å²) in [6.07, 6.45) is 10.1. The molecule has 1 heterocycles. The summed E-state index contributed by atoms with van der Waals surface area (Å²) in [5.74, 6) is 0. The average Bonchev–Trinajstić information content (AvgIpc) is 2.18. The second kappa shape index (κ2) is 6.41. The second-order valence-corrected chi connectivity index (χ2v) is 4.68. The van der Waals surface area contributed by atoms with Crippen LogP contribution in [0.4, 0.5) is 0 Å². The molecule has 0 saturated carbocycles. The fraction of sp³-hybridized carbons (Fsp3) is 1.00. The van der Waals surface area contributed by atoms with E-state index in [-0.39, 0.29) is 5.54 Å². The molecule has 2 nitrogen and oxygen atoms in total. The molecule has 1 fully saturated rings. The molecule has 1 atom stereocenters. The van der Waals surface area contributed by atoms with E-state index in [9.17, 15) is 0 Å². The third-order valence-electron chi connectivity index (χ3n) is 3.13. The van der Waals surface area contributed by atoms with E-state index in [1.807, 2.05) is 0 Å². The molecule has 1 saturated heterocycles. The standard InChI is InChI=1S/C12H25NO/c1-2-3-4-5-6-8-12(13)9-7-10-14-11-12/h2-11,13H2,1H3. The van der Waals surface area contributed by atoms with E-state index in [1.165, 1.54) is 32.1 Å². The number of nitrogens with two attached hydrogens (primary N) is 1. The van der Waals surface area contributed by atoms with Crippen molar-refractivity contribution in [2.75, 3.05) is 13.2 Å². The molecule has 0 amide bonds. The van der Waals surface area contributed by atoms with Gasteiger partial charge in [0.2, 0.25) is 0 Å². The normalized spacial score (nSPS) is 27.9. The van der Waals surface area contributed by atoms with Crippen molar-refractivity contribution in [1.29, 1.82) is 0 Å². The largest absolute Gasteiger partial charge is 0.380 e. The van der Waals surface area contributed by atoms with Crippen molar-refractivity contribution in [3.8, 4) is 0 Å². The highest BCUT2D eigenvalue weighted by molar-refractivity contribution is 4.86. The van der Waals surface area contributed by atoms with Crippen LogP contribution < -0.4 is 5.73 Å². The Hall–Kier alpha value is -0.0800.